The molecule has 0 N–H and O–H groups in total. The monoisotopic (exact) mass is 754 g/mol. The van der Waals surface area contributed by atoms with Crippen LogP contribution in [0.5, 0.6) is 0 Å². The van der Waals surface area contributed by atoms with Crippen LogP contribution >= 0.6 is 0 Å². The first-order valence-electron chi connectivity index (χ1n) is 19.7. The van der Waals surface area contributed by atoms with E-state index in [4.69, 9.17) is 24.4 Å². The summed E-state index contributed by atoms with van der Waals surface area (Å²) in [7, 11) is 0. The Bertz CT molecular complexity index is 3170. The van der Waals surface area contributed by atoms with E-state index in [9.17, 15) is 0 Å². The summed E-state index contributed by atoms with van der Waals surface area (Å²) in [5.41, 5.74) is 13.9. The van der Waals surface area contributed by atoms with Crippen molar-refractivity contribution in [1.29, 1.82) is 0 Å². The van der Waals surface area contributed by atoms with Gasteiger partial charge in [-0.1, -0.05) is 194 Å². The van der Waals surface area contributed by atoms with E-state index in [0.29, 0.717) is 17.5 Å². The Morgan fingerprint density at radius 1 is 0.288 bits per heavy atom. The highest BCUT2D eigenvalue weighted by atomic mass is 16.3. The number of furan rings is 1. The lowest BCUT2D eigenvalue weighted by Crippen LogP contribution is -2.00. The minimum Gasteiger partial charge on any atom is -0.455 e. The molecular weight excluding hydrogens is 721 g/mol. The number of rotatable bonds is 7. The highest BCUT2D eigenvalue weighted by Crippen LogP contribution is 2.42. The summed E-state index contributed by atoms with van der Waals surface area (Å²) in [5.74, 6) is 1.83. The lowest BCUT2D eigenvalue weighted by atomic mass is 9.97. The maximum atomic E-state index is 6.59. The molecule has 5 heteroatoms. The van der Waals surface area contributed by atoms with Gasteiger partial charge in [0.25, 0.3) is 0 Å². The van der Waals surface area contributed by atoms with Gasteiger partial charge in [0.15, 0.2) is 17.5 Å². The Kier molecular flexibility index (Phi) is 8.41. The Hall–Kier alpha value is -8.02. The van der Waals surface area contributed by atoms with Crippen molar-refractivity contribution in [1.82, 2.24) is 19.9 Å². The first kappa shape index (κ1) is 34.2. The molecule has 0 unspecified atom stereocenters. The van der Waals surface area contributed by atoms with Crippen molar-refractivity contribution in [2.24, 2.45) is 0 Å². The molecule has 0 spiro atoms. The van der Waals surface area contributed by atoms with Gasteiger partial charge in [0.2, 0.25) is 0 Å². The molecule has 276 valence electrons. The van der Waals surface area contributed by atoms with Crippen LogP contribution in [0.25, 0.3) is 112 Å². The molecule has 3 aromatic heterocycles. The van der Waals surface area contributed by atoms with Gasteiger partial charge in [-0.2, -0.15) is 0 Å². The lowest BCUT2D eigenvalue weighted by Gasteiger charge is -2.12. The second-order valence-electron chi connectivity index (χ2n) is 14.6. The summed E-state index contributed by atoms with van der Waals surface area (Å²) in [6.07, 6.45) is 0. The van der Waals surface area contributed by atoms with E-state index in [2.05, 4.69) is 176 Å². The van der Waals surface area contributed by atoms with Gasteiger partial charge in [0, 0.05) is 38.6 Å². The van der Waals surface area contributed by atoms with Crippen LogP contribution in [0.2, 0.25) is 0 Å². The van der Waals surface area contributed by atoms with Crippen molar-refractivity contribution in [3.63, 3.8) is 0 Å². The minimum absolute atomic E-state index is 0.599. The molecule has 0 saturated carbocycles. The van der Waals surface area contributed by atoms with Crippen LogP contribution in [-0.2, 0) is 0 Å². The molecule has 0 bridgehead atoms. The summed E-state index contributed by atoms with van der Waals surface area (Å²) in [5, 5.41) is 3.05. The molecule has 59 heavy (non-hydrogen) atoms. The smallest absolute Gasteiger partial charge is 0.164 e. The summed E-state index contributed by atoms with van der Waals surface area (Å²) in [6, 6.07) is 70.9. The second kappa shape index (κ2) is 14.5. The Morgan fingerprint density at radius 2 is 0.695 bits per heavy atom. The van der Waals surface area contributed by atoms with Gasteiger partial charge in [-0.05, 0) is 39.9 Å². The summed E-state index contributed by atoms with van der Waals surface area (Å²) >= 11 is 0. The van der Waals surface area contributed by atoms with Crippen molar-refractivity contribution in [2.45, 2.75) is 0 Å². The minimum atomic E-state index is 0.599. The van der Waals surface area contributed by atoms with Gasteiger partial charge in [0.05, 0.1) is 16.6 Å². The van der Waals surface area contributed by atoms with Crippen LogP contribution in [0.15, 0.2) is 211 Å². The third-order valence-corrected chi connectivity index (χ3v) is 11.0. The number of aromatic nitrogens is 4. The molecule has 0 aliphatic rings. The van der Waals surface area contributed by atoms with Crippen molar-refractivity contribution < 1.29 is 4.42 Å². The normalized spacial score (nSPS) is 11.4. The van der Waals surface area contributed by atoms with Gasteiger partial charge in [-0.15, -0.1) is 0 Å². The third-order valence-electron chi connectivity index (χ3n) is 11.0. The maximum absolute atomic E-state index is 6.59. The van der Waals surface area contributed by atoms with Crippen LogP contribution in [0.4, 0.5) is 0 Å². The van der Waals surface area contributed by atoms with Crippen molar-refractivity contribution in [3.05, 3.63) is 206 Å². The van der Waals surface area contributed by atoms with Crippen LogP contribution in [0.1, 0.15) is 0 Å². The topological polar surface area (TPSA) is 64.7 Å². The standard InChI is InChI=1S/C54H34N4O/c1-4-13-35(14-5-1)37-23-29-41(30-24-37)52-56-53(42-31-25-38(26-32-42)36-15-6-2-7-16-36)58-54(57-52)43-33-27-39(28-34-43)44-20-12-21-46-50(44)55-49(40-17-8-3-9-18-40)48-45-19-10-11-22-47(45)59-51(46)48/h1-34H. The number of pyridine rings is 1. The predicted molar refractivity (Wildman–Crippen MR) is 240 cm³/mol. The third kappa shape index (κ3) is 6.32. The van der Waals surface area contributed by atoms with Crippen LogP contribution < -0.4 is 0 Å². The van der Waals surface area contributed by atoms with E-state index in [1.165, 1.54) is 0 Å². The van der Waals surface area contributed by atoms with Crippen molar-refractivity contribution >= 4 is 32.8 Å². The first-order valence-corrected chi connectivity index (χ1v) is 19.7. The average molecular weight is 755 g/mol. The summed E-state index contributed by atoms with van der Waals surface area (Å²) in [4.78, 5) is 20.6. The molecule has 0 fully saturated rings. The number of benzene rings is 8. The zero-order valence-corrected chi connectivity index (χ0v) is 31.8. The lowest BCUT2D eigenvalue weighted by molar-refractivity contribution is 0.672. The Morgan fingerprint density at radius 3 is 1.22 bits per heavy atom. The fourth-order valence-corrected chi connectivity index (χ4v) is 7.97. The number of nitrogens with zero attached hydrogens (tertiary/aromatic N) is 4. The zero-order chi connectivity index (χ0) is 39.1. The molecule has 5 nitrogen and oxygen atoms in total. The molecule has 0 saturated heterocycles. The van der Waals surface area contributed by atoms with Crippen molar-refractivity contribution in [3.8, 4) is 78.8 Å². The van der Waals surface area contributed by atoms with Gasteiger partial charge < -0.3 is 4.42 Å². The van der Waals surface area contributed by atoms with Gasteiger partial charge in [-0.25, -0.2) is 19.9 Å². The van der Waals surface area contributed by atoms with Crippen LogP contribution in [-0.4, -0.2) is 19.9 Å². The predicted octanol–water partition coefficient (Wildman–Crippen LogP) is 14.0. The molecule has 11 aromatic rings. The van der Waals surface area contributed by atoms with E-state index < -0.39 is 0 Å². The maximum Gasteiger partial charge on any atom is 0.164 e. The molecule has 11 rings (SSSR count). The summed E-state index contributed by atoms with van der Waals surface area (Å²) < 4.78 is 6.59. The Labute approximate surface area is 341 Å². The van der Waals surface area contributed by atoms with E-state index in [-0.39, 0.29) is 0 Å². The highest BCUT2D eigenvalue weighted by molar-refractivity contribution is 6.20. The zero-order valence-electron chi connectivity index (χ0n) is 31.8. The van der Waals surface area contributed by atoms with Crippen LogP contribution in [0.3, 0.4) is 0 Å². The first-order chi connectivity index (χ1) is 29.2. The van der Waals surface area contributed by atoms with E-state index in [1.54, 1.807) is 0 Å². The average Bonchev–Trinajstić information content (AvgIpc) is 3.72. The second-order valence-corrected chi connectivity index (χ2v) is 14.6. The molecular formula is C54H34N4O. The molecule has 0 aliphatic carbocycles. The van der Waals surface area contributed by atoms with Crippen molar-refractivity contribution in [2.75, 3.05) is 0 Å². The van der Waals surface area contributed by atoms with Gasteiger partial charge >= 0.3 is 0 Å². The molecule has 3 heterocycles. The number of hydrogen-bond acceptors (Lipinski definition) is 5. The molecule has 0 radical (unpaired) electrons. The largest absolute Gasteiger partial charge is 0.455 e. The highest BCUT2D eigenvalue weighted by Gasteiger charge is 2.20. The quantitative estimate of drug-likeness (QED) is 0.162. The van der Waals surface area contributed by atoms with Gasteiger partial charge in [-0.3, -0.25) is 0 Å². The molecule has 0 atom stereocenters. The Balaban J connectivity index is 1.02. The number of hydrogen-bond donors (Lipinski definition) is 0. The molecule has 0 aliphatic heterocycles. The van der Waals surface area contributed by atoms with Gasteiger partial charge in [0.1, 0.15) is 11.2 Å². The fraction of sp³-hybridized carbons (Fsp3) is 0. The number of para-hydroxylation sites is 2. The van der Waals surface area contributed by atoms with E-state index in [1.807, 2.05) is 30.3 Å². The van der Waals surface area contributed by atoms with Crippen LogP contribution in [0, 0.1) is 0 Å². The SMILES string of the molecule is c1ccc(-c2ccc(-c3nc(-c4ccc(-c5ccccc5)cc4)nc(-c4ccc(-c5cccc6c5nc(-c5ccccc5)c5c7ccccc7oc65)cc4)n3)cc2)cc1. The summed E-state index contributed by atoms with van der Waals surface area (Å²) in [6.45, 7) is 0. The fourth-order valence-electron chi connectivity index (χ4n) is 7.97. The number of fused-ring (bicyclic) bond motifs is 5. The van der Waals surface area contributed by atoms with E-state index >= 15 is 0 Å². The molecule has 0 amide bonds. The van der Waals surface area contributed by atoms with E-state index in [0.717, 1.165) is 94.2 Å². The molecule has 8 aromatic carbocycles.